The number of alkyl halides is 1. The topological polar surface area (TPSA) is 135 Å². The van der Waals surface area contributed by atoms with Gasteiger partial charge in [-0.2, -0.15) is 0 Å². The molecular weight excluding hydrogens is 658 g/mol. The minimum atomic E-state index is -1.32. The van der Waals surface area contributed by atoms with E-state index in [0.29, 0.717) is 18.4 Å². The number of ether oxygens (including phenoxy) is 3. The van der Waals surface area contributed by atoms with Gasteiger partial charge in [0.15, 0.2) is 0 Å². The highest BCUT2D eigenvalue weighted by molar-refractivity contribution is 9.09. The van der Waals surface area contributed by atoms with Gasteiger partial charge in [-0.3, -0.25) is 19.2 Å². The number of esters is 1. The highest BCUT2D eigenvalue weighted by Gasteiger charge is 2.77. The number of hydrogen-bond acceptors (Lipinski definition) is 8. The lowest BCUT2D eigenvalue weighted by Crippen LogP contribution is -2.59. The Bertz CT molecular complexity index is 1290. The normalized spacial score (nSPS) is 28.4. The second-order valence-corrected chi connectivity index (χ2v) is 13.7. The molecule has 3 amide bonds. The van der Waals surface area contributed by atoms with E-state index in [0.717, 1.165) is 0 Å². The van der Waals surface area contributed by atoms with E-state index in [1.54, 1.807) is 48.2 Å². The molecule has 12 heteroatoms. The molecule has 3 aliphatic rings. The van der Waals surface area contributed by atoms with E-state index in [4.69, 9.17) is 14.2 Å². The van der Waals surface area contributed by atoms with Gasteiger partial charge in [0, 0.05) is 30.9 Å². The summed E-state index contributed by atoms with van der Waals surface area (Å²) in [6, 6.07) is 6.32. The molecule has 0 aromatic heterocycles. The van der Waals surface area contributed by atoms with E-state index in [1.807, 2.05) is 19.9 Å². The minimum Gasteiger partial charge on any atom is -0.455 e. The summed E-state index contributed by atoms with van der Waals surface area (Å²) in [7, 11) is 1.49. The van der Waals surface area contributed by atoms with Crippen LogP contribution in [0.15, 0.2) is 55.6 Å². The molecule has 0 aliphatic carbocycles. The van der Waals surface area contributed by atoms with E-state index in [2.05, 4.69) is 34.4 Å². The van der Waals surface area contributed by atoms with Crippen LogP contribution < -0.4 is 5.32 Å². The van der Waals surface area contributed by atoms with E-state index < -0.39 is 59.6 Å². The Morgan fingerprint density at radius 3 is 2.50 bits per heavy atom. The third-order valence-corrected chi connectivity index (χ3v) is 10.1. The first kappa shape index (κ1) is 35.8. The highest BCUT2D eigenvalue weighted by Crippen LogP contribution is 2.61. The molecule has 3 aliphatic heterocycles. The summed E-state index contributed by atoms with van der Waals surface area (Å²) in [6.45, 7) is 12.8. The summed E-state index contributed by atoms with van der Waals surface area (Å²) in [4.78, 5) is 58.5. The van der Waals surface area contributed by atoms with E-state index in [-0.39, 0.29) is 48.9 Å². The standard InChI is InChI=1S/C34H46BrN3O8/c1-7-9-15-25(40)36-24(19-44-6)28(22-13-11-10-12-14-22)45-33(43)26-27-31(41)38(21(5)18-39)30(32(42)37(16-8-2)20(3)4)34(27)17-23(35)29(26)46-34/h7-8,10-14,20-21,23-24,26-30,39H,1-2,9,15-19H2,3-6H3,(H,36,40)/t21-,23?,24+,26+,27-,28+,29+,30+,34-/m1/s1. The van der Waals surface area contributed by atoms with Crippen LogP contribution in [0.4, 0.5) is 0 Å². The van der Waals surface area contributed by atoms with Crippen LogP contribution in [0.3, 0.4) is 0 Å². The van der Waals surface area contributed by atoms with Gasteiger partial charge >= 0.3 is 5.97 Å². The number of aliphatic hydroxyl groups excluding tert-OH is 1. The lowest BCUT2D eigenvalue weighted by Gasteiger charge is -2.39. The maximum atomic E-state index is 14.4. The molecule has 9 atom stereocenters. The fourth-order valence-electron chi connectivity index (χ4n) is 7.16. The molecule has 46 heavy (non-hydrogen) atoms. The van der Waals surface area contributed by atoms with Crippen molar-refractivity contribution in [2.24, 2.45) is 11.8 Å². The number of carbonyl (C=O) groups is 4. The van der Waals surface area contributed by atoms with Crippen LogP contribution in [0, 0.1) is 11.8 Å². The molecule has 3 saturated heterocycles. The van der Waals surface area contributed by atoms with Crippen LogP contribution in [0.1, 0.15) is 51.7 Å². The highest BCUT2D eigenvalue weighted by atomic mass is 79.9. The Kier molecular flexibility index (Phi) is 11.8. The lowest BCUT2D eigenvalue weighted by atomic mass is 9.70. The van der Waals surface area contributed by atoms with Gasteiger partial charge in [-0.25, -0.2) is 0 Å². The van der Waals surface area contributed by atoms with Gasteiger partial charge in [0.1, 0.15) is 17.7 Å². The second-order valence-electron chi connectivity index (χ2n) is 12.5. The molecule has 3 heterocycles. The second kappa shape index (κ2) is 15.2. The average Bonchev–Trinajstić information content (AvgIpc) is 3.63. The van der Waals surface area contributed by atoms with Crippen LogP contribution in [0.5, 0.6) is 0 Å². The van der Waals surface area contributed by atoms with Gasteiger partial charge in [0.2, 0.25) is 17.7 Å². The van der Waals surface area contributed by atoms with Crippen molar-refractivity contribution in [3.63, 3.8) is 0 Å². The van der Waals surface area contributed by atoms with E-state index >= 15 is 0 Å². The zero-order valence-electron chi connectivity index (χ0n) is 27.0. The van der Waals surface area contributed by atoms with Gasteiger partial charge in [-0.1, -0.05) is 58.4 Å². The fraction of sp³-hybridized carbons (Fsp3) is 0.588. The molecule has 2 N–H and O–H groups in total. The number of fused-ring (bicyclic) bond motifs is 1. The predicted molar refractivity (Wildman–Crippen MR) is 175 cm³/mol. The molecule has 1 aromatic rings. The third-order valence-electron chi connectivity index (χ3n) is 9.21. The smallest absolute Gasteiger partial charge is 0.313 e. The molecule has 4 rings (SSSR count). The Balaban J connectivity index is 1.73. The quantitative estimate of drug-likeness (QED) is 0.153. The summed E-state index contributed by atoms with van der Waals surface area (Å²) < 4.78 is 18.3. The van der Waals surface area contributed by atoms with Crippen molar-refractivity contribution >= 4 is 39.6 Å². The van der Waals surface area contributed by atoms with Crippen LogP contribution in [0.25, 0.3) is 0 Å². The maximum Gasteiger partial charge on any atom is 0.313 e. The van der Waals surface area contributed by atoms with Crippen LogP contribution in [-0.2, 0) is 33.4 Å². The van der Waals surface area contributed by atoms with Gasteiger partial charge in [-0.15, -0.1) is 13.2 Å². The van der Waals surface area contributed by atoms with E-state index in [9.17, 15) is 24.3 Å². The van der Waals surface area contributed by atoms with Crippen LogP contribution in [-0.4, -0.2) is 106 Å². The number of nitrogens with one attached hydrogen (secondary N) is 1. The number of carbonyl (C=O) groups excluding carboxylic acids is 4. The molecule has 0 radical (unpaired) electrons. The van der Waals surface area contributed by atoms with Crippen molar-refractivity contribution in [1.29, 1.82) is 0 Å². The van der Waals surface area contributed by atoms with Gasteiger partial charge in [-0.05, 0) is 39.2 Å². The number of methoxy groups -OCH3 is 1. The number of hydrogen-bond donors (Lipinski definition) is 2. The Hall–Kier alpha value is -3.06. The van der Waals surface area contributed by atoms with Gasteiger partial charge in [0.05, 0.1) is 43.2 Å². The molecule has 252 valence electrons. The Morgan fingerprint density at radius 1 is 1.22 bits per heavy atom. The van der Waals surface area contributed by atoms with E-state index in [1.165, 1.54) is 12.0 Å². The first-order chi connectivity index (χ1) is 22.0. The van der Waals surface area contributed by atoms with Crippen molar-refractivity contribution in [1.82, 2.24) is 15.1 Å². The number of benzene rings is 1. The minimum absolute atomic E-state index is 0.0529. The summed E-state index contributed by atoms with van der Waals surface area (Å²) in [6.07, 6.45) is 2.58. The first-order valence-electron chi connectivity index (χ1n) is 15.8. The predicted octanol–water partition coefficient (Wildman–Crippen LogP) is 2.92. The summed E-state index contributed by atoms with van der Waals surface area (Å²) in [5.41, 5.74) is -0.684. The largest absolute Gasteiger partial charge is 0.455 e. The average molecular weight is 705 g/mol. The molecule has 0 saturated carbocycles. The lowest BCUT2D eigenvalue weighted by molar-refractivity contribution is -0.163. The molecule has 3 fully saturated rings. The van der Waals surface area contributed by atoms with Crippen LogP contribution >= 0.6 is 15.9 Å². The molecule has 11 nitrogen and oxygen atoms in total. The molecule has 1 aromatic carbocycles. The fourth-order valence-corrected chi connectivity index (χ4v) is 8.10. The summed E-state index contributed by atoms with van der Waals surface area (Å²) >= 11 is 3.69. The Labute approximate surface area is 279 Å². The number of nitrogens with zero attached hydrogens (tertiary/aromatic N) is 2. The summed E-state index contributed by atoms with van der Waals surface area (Å²) in [5.74, 6) is -3.76. The molecule has 2 bridgehead atoms. The third kappa shape index (κ3) is 6.67. The number of allylic oxidation sites excluding steroid dienone is 1. The van der Waals surface area contributed by atoms with Crippen LogP contribution in [0.2, 0.25) is 0 Å². The zero-order valence-corrected chi connectivity index (χ0v) is 28.6. The number of halogens is 1. The van der Waals surface area contributed by atoms with Crippen molar-refractivity contribution < 1.29 is 38.5 Å². The SMILES string of the molecule is C=CCCC(=O)N[C@@H](COC)[C@@H](OC(=O)[C@@H]1[C@H]2O[C@@]3(CC2Br)[C@H](C(=O)N(CC=C)C(C)C)N([C@H](C)CO)C(=O)[C@@H]13)c1ccccc1. The first-order valence-corrected chi connectivity index (χ1v) is 16.7. The zero-order chi connectivity index (χ0) is 33.8. The number of aliphatic hydroxyl groups is 1. The summed E-state index contributed by atoms with van der Waals surface area (Å²) in [5, 5.41) is 13.1. The molecular formula is C34H46BrN3O8. The number of amides is 3. The van der Waals surface area contributed by atoms with Gasteiger partial charge in [0.25, 0.3) is 0 Å². The number of likely N-dealkylation sites (tertiary alicyclic amines) is 1. The monoisotopic (exact) mass is 703 g/mol. The maximum absolute atomic E-state index is 14.4. The molecule has 1 unspecified atom stereocenters. The van der Waals surface area contributed by atoms with Crippen molar-refractivity contribution in [2.75, 3.05) is 26.9 Å². The van der Waals surface area contributed by atoms with Crippen molar-refractivity contribution in [2.45, 2.75) is 86.8 Å². The number of rotatable bonds is 16. The van der Waals surface area contributed by atoms with Crippen molar-refractivity contribution in [3.8, 4) is 0 Å². The molecule has 1 spiro atoms. The Morgan fingerprint density at radius 2 is 1.91 bits per heavy atom. The van der Waals surface area contributed by atoms with Crippen molar-refractivity contribution in [3.05, 3.63) is 61.2 Å². The van der Waals surface area contributed by atoms with Gasteiger partial charge < -0.3 is 34.4 Å².